The largest absolute Gasteiger partial charge is 0.103 e. The van der Waals surface area contributed by atoms with E-state index in [2.05, 4.69) is 56.0 Å². The zero-order chi connectivity index (χ0) is 19.4. The first kappa shape index (κ1) is 23.2. The Labute approximate surface area is 168 Å². The maximum absolute atomic E-state index is 3.66. The second kappa shape index (κ2) is 17.6. The van der Waals surface area contributed by atoms with Crippen LogP contribution in [0.3, 0.4) is 0 Å². The first-order valence-corrected chi connectivity index (χ1v) is 11.1. The molecule has 0 heteroatoms. The van der Waals surface area contributed by atoms with E-state index in [0.717, 1.165) is 6.42 Å². The average Bonchev–Trinajstić information content (AvgIpc) is 2.72. The molecule has 0 aromatic heterocycles. The highest BCUT2D eigenvalue weighted by Crippen LogP contribution is 2.12. The number of hydrogen-bond acceptors (Lipinski definition) is 0. The van der Waals surface area contributed by atoms with E-state index in [9.17, 15) is 0 Å². The molecule has 0 bridgehead atoms. The van der Waals surface area contributed by atoms with E-state index in [4.69, 9.17) is 0 Å². The molecule has 0 saturated heterocycles. The van der Waals surface area contributed by atoms with Crippen LogP contribution in [0.1, 0.15) is 82.3 Å². The van der Waals surface area contributed by atoms with Crippen molar-refractivity contribution in [2.75, 3.05) is 0 Å². The molecule has 0 unspecified atom stereocenters. The quantitative estimate of drug-likeness (QED) is 0.246. The summed E-state index contributed by atoms with van der Waals surface area (Å²) in [6, 6.07) is 21.2. The minimum atomic E-state index is 0.973. The van der Waals surface area contributed by atoms with Crippen LogP contribution in [-0.2, 0) is 12.8 Å². The SMILES string of the molecule is C=CCc1ccccc1.CCCCCCCCCCCCc1ccccc1. The van der Waals surface area contributed by atoms with Crippen LogP contribution < -0.4 is 0 Å². The zero-order valence-corrected chi connectivity index (χ0v) is 17.5. The maximum atomic E-state index is 3.66. The van der Waals surface area contributed by atoms with Gasteiger partial charge in [-0.1, -0.05) is 131 Å². The second-order valence-electron chi connectivity index (χ2n) is 7.40. The summed E-state index contributed by atoms with van der Waals surface area (Å²) in [7, 11) is 0. The van der Waals surface area contributed by atoms with Gasteiger partial charge in [0.25, 0.3) is 0 Å². The number of aryl methyl sites for hydroxylation is 1. The third-order valence-corrected chi connectivity index (χ3v) is 4.88. The number of hydrogen-bond donors (Lipinski definition) is 0. The van der Waals surface area contributed by atoms with Gasteiger partial charge in [-0.15, -0.1) is 6.58 Å². The fourth-order valence-corrected chi connectivity index (χ4v) is 3.24. The van der Waals surface area contributed by atoms with E-state index in [1.165, 1.54) is 81.8 Å². The van der Waals surface area contributed by atoms with E-state index < -0.39 is 0 Å². The minimum absolute atomic E-state index is 0.973. The Morgan fingerprint density at radius 1 is 0.593 bits per heavy atom. The molecule has 27 heavy (non-hydrogen) atoms. The molecule has 2 aromatic rings. The highest BCUT2D eigenvalue weighted by Gasteiger charge is 1.94. The summed E-state index contributed by atoms with van der Waals surface area (Å²) in [5.74, 6) is 0. The average molecular weight is 365 g/mol. The third-order valence-electron chi connectivity index (χ3n) is 4.88. The van der Waals surface area contributed by atoms with Crippen LogP contribution in [0, 0.1) is 0 Å². The Bertz CT molecular complexity index is 541. The van der Waals surface area contributed by atoms with Gasteiger partial charge in [0.2, 0.25) is 0 Å². The topological polar surface area (TPSA) is 0 Å². The molecule has 0 fully saturated rings. The van der Waals surface area contributed by atoms with Crippen molar-refractivity contribution in [1.29, 1.82) is 0 Å². The summed E-state index contributed by atoms with van der Waals surface area (Å²) in [6.07, 6.45) is 18.4. The van der Waals surface area contributed by atoms with Crippen molar-refractivity contribution in [2.45, 2.75) is 84.0 Å². The Hall–Kier alpha value is -1.82. The predicted octanol–water partition coefficient (Wildman–Crippen LogP) is 8.57. The van der Waals surface area contributed by atoms with Crippen LogP contribution in [0.2, 0.25) is 0 Å². The predicted molar refractivity (Wildman–Crippen MR) is 122 cm³/mol. The van der Waals surface area contributed by atoms with E-state index in [0.29, 0.717) is 0 Å². The fourth-order valence-electron chi connectivity index (χ4n) is 3.24. The van der Waals surface area contributed by atoms with Gasteiger partial charge in [-0.05, 0) is 30.4 Å². The van der Waals surface area contributed by atoms with Crippen LogP contribution in [0.25, 0.3) is 0 Å². The van der Waals surface area contributed by atoms with Crippen molar-refractivity contribution in [2.24, 2.45) is 0 Å². The first-order chi connectivity index (χ1) is 13.4. The van der Waals surface area contributed by atoms with E-state index >= 15 is 0 Å². The number of benzene rings is 2. The monoisotopic (exact) mass is 364 g/mol. The summed E-state index contributed by atoms with van der Waals surface area (Å²) in [5.41, 5.74) is 2.82. The molecule has 0 N–H and O–H groups in total. The van der Waals surface area contributed by atoms with Gasteiger partial charge in [-0.3, -0.25) is 0 Å². The first-order valence-electron chi connectivity index (χ1n) is 11.1. The van der Waals surface area contributed by atoms with Gasteiger partial charge in [-0.25, -0.2) is 0 Å². The summed E-state index contributed by atoms with van der Waals surface area (Å²) >= 11 is 0. The highest BCUT2D eigenvalue weighted by molar-refractivity contribution is 5.16. The smallest absolute Gasteiger partial charge is 0.0100 e. The molecule has 0 aliphatic rings. The van der Waals surface area contributed by atoms with E-state index in [1.54, 1.807) is 0 Å². The van der Waals surface area contributed by atoms with Gasteiger partial charge in [0.1, 0.15) is 0 Å². The molecule has 0 saturated carbocycles. The highest BCUT2D eigenvalue weighted by atomic mass is 14.0. The molecule has 0 atom stereocenters. The Morgan fingerprint density at radius 3 is 1.52 bits per heavy atom. The lowest BCUT2D eigenvalue weighted by Crippen LogP contribution is -1.86. The van der Waals surface area contributed by atoms with Crippen LogP contribution in [-0.4, -0.2) is 0 Å². The van der Waals surface area contributed by atoms with Crippen LogP contribution >= 0.6 is 0 Å². The molecular formula is C27H40. The summed E-state index contributed by atoms with van der Waals surface area (Å²) in [5, 5.41) is 0. The van der Waals surface area contributed by atoms with Crippen molar-refractivity contribution < 1.29 is 0 Å². The lowest BCUT2D eigenvalue weighted by Gasteiger charge is -2.03. The van der Waals surface area contributed by atoms with Crippen molar-refractivity contribution in [3.05, 3.63) is 84.4 Å². The van der Waals surface area contributed by atoms with Gasteiger partial charge in [0, 0.05) is 0 Å². The molecule has 0 nitrogen and oxygen atoms in total. The number of rotatable bonds is 13. The molecule has 148 valence electrons. The molecule has 2 rings (SSSR count). The summed E-state index contributed by atoms with van der Waals surface area (Å²) in [6.45, 7) is 5.94. The second-order valence-corrected chi connectivity index (χ2v) is 7.40. The van der Waals surface area contributed by atoms with Gasteiger partial charge >= 0.3 is 0 Å². The van der Waals surface area contributed by atoms with Crippen molar-refractivity contribution in [3.8, 4) is 0 Å². The van der Waals surface area contributed by atoms with E-state index in [1.807, 2.05) is 24.3 Å². The van der Waals surface area contributed by atoms with Crippen molar-refractivity contribution in [3.63, 3.8) is 0 Å². The van der Waals surface area contributed by atoms with Crippen LogP contribution in [0.4, 0.5) is 0 Å². The summed E-state index contributed by atoms with van der Waals surface area (Å²) in [4.78, 5) is 0. The molecule has 0 heterocycles. The third kappa shape index (κ3) is 14.0. The Morgan fingerprint density at radius 2 is 1.04 bits per heavy atom. The van der Waals surface area contributed by atoms with Gasteiger partial charge < -0.3 is 0 Å². The molecule has 0 amide bonds. The zero-order valence-electron chi connectivity index (χ0n) is 17.5. The van der Waals surface area contributed by atoms with Gasteiger partial charge in [0.05, 0.1) is 0 Å². The summed E-state index contributed by atoms with van der Waals surface area (Å²) < 4.78 is 0. The van der Waals surface area contributed by atoms with Gasteiger partial charge in [-0.2, -0.15) is 0 Å². The molecule has 0 radical (unpaired) electrons. The minimum Gasteiger partial charge on any atom is -0.103 e. The molecule has 2 aromatic carbocycles. The molecule has 0 aliphatic heterocycles. The number of unbranched alkanes of at least 4 members (excludes halogenated alkanes) is 9. The fraction of sp³-hybridized carbons (Fsp3) is 0.481. The molecular weight excluding hydrogens is 324 g/mol. The lowest BCUT2D eigenvalue weighted by molar-refractivity contribution is 0.556. The standard InChI is InChI=1S/C18H30.C9H10/c1-2-3-4-5-6-7-8-9-10-12-15-18-16-13-11-14-17-18;1-2-6-9-7-4-3-5-8-9/h11,13-14,16-17H,2-10,12,15H2,1H3;2-5,7-8H,1,6H2. The maximum Gasteiger partial charge on any atom is -0.0100 e. The van der Waals surface area contributed by atoms with E-state index in [-0.39, 0.29) is 0 Å². The van der Waals surface area contributed by atoms with Crippen molar-refractivity contribution >= 4 is 0 Å². The molecule has 0 aliphatic carbocycles. The lowest BCUT2D eigenvalue weighted by atomic mass is 10.0. The van der Waals surface area contributed by atoms with Crippen LogP contribution in [0.15, 0.2) is 73.3 Å². The molecule has 0 spiro atoms. The number of allylic oxidation sites excluding steroid dienone is 1. The van der Waals surface area contributed by atoms with Gasteiger partial charge in [0.15, 0.2) is 0 Å². The van der Waals surface area contributed by atoms with Crippen LogP contribution in [0.5, 0.6) is 0 Å². The Balaban J connectivity index is 0.000000337. The normalized spacial score (nSPS) is 10.1. The van der Waals surface area contributed by atoms with Crippen molar-refractivity contribution in [1.82, 2.24) is 0 Å². The Kier molecular flexibility index (Phi) is 15.1.